The molecule has 318 valence electrons. The number of allylic oxidation sites excluding steroid dienone is 1. The van der Waals surface area contributed by atoms with Crippen molar-refractivity contribution in [2.24, 2.45) is 11.5 Å². The molecule has 18 nitrogen and oxygen atoms in total. The van der Waals surface area contributed by atoms with Gasteiger partial charge in [-0.15, -0.1) is 0 Å². The van der Waals surface area contributed by atoms with Crippen molar-refractivity contribution >= 4 is 42.9 Å². The molecule has 0 spiro atoms. The second-order valence-electron chi connectivity index (χ2n) is 12.5. The van der Waals surface area contributed by atoms with Crippen LogP contribution >= 0.6 is 0 Å². The number of hydrogen-bond donors (Lipinski definition) is 9. The molecule has 0 radical (unpaired) electrons. The van der Waals surface area contributed by atoms with E-state index >= 15 is 0 Å². The van der Waals surface area contributed by atoms with Crippen LogP contribution in [-0.2, 0) is 26.7 Å². The third kappa shape index (κ3) is 18.2. The third-order valence-electron chi connectivity index (χ3n) is 7.65. The van der Waals surface area contributed by atoms with Gasteiger partial charge >= 0.3 is 0 Å². The lowest BCUT2D eigenvalue weighted by atomic mass is 10.0. The van der Waals surface area contributed by atoms with Gasteiger partial charge in [0.2, 0.25) is 0 Å². The Morgan fingerprint density at radius 2 is 1.24 bits per heavy atom. The van der Waals surface area contributed by atoms with Crippen molar-refractivity contribution in [2.75, 3.05) is 44.5 Å². The van der Waals surface area contributed by atoms with E-state index in [-0.39, 0.29) is 28.2 Å². The van der Waals surface area contributed by atoms with E-state index in [0.29, 0.717) is 60.0 Å². The molecule has 4 aromatic rings. The molecule has 0 aliphatic carbocycles. The fourth-order valence-corrected chi connectivity index (χ4v) is 5.21. The fourth-order valence-electron chi connectivity index (χ4n) is 4.75. The predicted molar refractivity (Wildman–Crippen MR) is 219 cm³/mol. The molecule has 11 N–H and O–H groups in total. The summed E-state index contributed by atoms with van der Waals surface area (Å²) >= 11 is 0. The molecule has 58 heavy (non-hydrogen) atoms. The van der Waals surface area contributed by atoms with Crippen LogP contribution in [0.15, 0.2) is 81.5 Å². The molecule has 1 aliphatic heterocycles. The zero-order valence-corrected chi connectivity index (χ0v) is 33.6. The van der Waals surface area contributed by atoms with Crippen molar-refractivity contribution in [3.8, 4) is 23.0 Å². The number of aromatic hydroxyl groups is 1. The summed E-state index contributed by atoms with van der Waals surface area (Å²) in [6.45, 7) is 4.39. The van der Waals surface area contributed by atoms with Crippen molar-refractivity contribution in [3.05, 3.63) is 105 Å². The van der Waals surface area contributed by atoms with E-state index in [9.17, 15) is 26.7 Å². The Balaban J connectivity index is 0.000000307. The Kier molecular flexibility index (Phi) is 19.8. The van der Waals surface area contributed by atoms with E-state index in [1.165, 1.54) is 6.07 Å². The van der Waals surface area contributed by atoms with E-state index in [4.69, 9.17) is 60.2 Å². The predicted octanol–water partition coefficient (Wildman–Crippen LogP) is 3.30. The molecule has 2 heterocycles. The van der Waals surface area contributed by atoms with E-state index < -0.39 is 45.0 Å². The summed E-state index contributed by atoms with van der Waals surface area (Å²) < 4.78 is 76.6. The number of nitrogen functional groups attached to an aromatic ring is 2. The highest BCUT2D eigenvalue weighted by molar-refractivity contribution is 7.86. The molecular weight excluding hydrogens is 801 g/mol. The number of phenolic OH excluding ortho intramolecular Hbond substituents is 1. The van der Waals surface area contributed by atoms with Crippen LogP contribution in [0.4, 0.5) is 0 Å². The molecule has 1 aliphatic rings. The number of rotatable bonds is 14. The normalized spacial score (nSPS) is 12.0. The average molecular weight is 851 g/mol. The Bertz CT molecular complexity index is 2180. The number of amidine groups is 2. The van der Waals surface area contributed by atoms with Gasteiger partial charge in [0.1, 0.15) is 58.0 Å². The zero-order valence-electron chi connectivity index (χ0n) is 32.0. The Hall–Kier alpha value is -5.51. The van der Waals surface area contributed by atoms with Crippen LogP contribution in [0.1, 0.15) is 48.6 Å². The minimum absolute atomic E-state index is 0.0350. The minimum atomic E-state index is -3.92. The molecule has 0 atom stereocenters. The van der Waals surface area contributed by atoms with Gasteiger partial charge in [0, 0.05) is 28.8 Å². The van der Waals surface area contributed by atoms with E-state index in [1.807, 2.05) is 37.3 Å². The number of aliphatic hydroxyl groups excluding tert-OH is 2. The molecule has 0 saturated heterocycles. The third-order valence-corrected chi connectivity index (χ3v) is 9.04. The molecule has 0 saturated carbocycles. The summed E-state index contributed by atoms with van der Waals surface area (Å²) in [4.78, 5) is 12.0. The van der Waals surface area contributed by atoms with Gasteiger partial charge in [0.05, 0.1) is 37.9 Å². The summed E-state index contributed by atoms with van der Waals surface area (Å²) in [6.07, 6.45) is 5.45. The van der Waals surface area contributed by atoms with Gasteiger partial charge in [0.15, 0.2) is 5.43 Å². The van der Waals surface area contributed by atoms with Crippen LogP contribution in [0.5, 0.6) is 23.0 Å². The molecule has 5 rings (SSSR count). The van der Waals surface area contributed by atoms with E-state index in [2.05, 4.69) is 0 Å². The average Bonchev–Trinajstić information content (AvgIpc) is 3.32. The van der Waals surface area contributed by atoms with E-state index in [0.717, 1.165) is 36.3 Å². The van der Waals surface area contributed by atoms with Crippen LogP contribution in [0.3, 0.4) is 0 Å². The summed E-state index contributed by atoms with van der Waals surface area (Å²) in [5, 5.41) is 40.9. The number of nitrogens with two attached hydrogens (primary N) is 2. The van der Waals surface area contributed by atoms with Crippen LogP contribution < -0.4 is 31.1 Å². The first-order chi connectivity index (χ1) is 27.2. The fraction of sp³-hybridized carbons (Fsp3) is 0.342. The lowest BCUT2D eigenvalue weighted by Crippen LogP contribution is -2.10. The largest absolute Gasteiger partial charge is 0.507 e. The van der Waals surface area contributed by atoms with Crippen LogP contribution in [0.2, 0.25) is 0 Å². The van der Waals surface area contributed by atoms with Gasteiger partial charge in [-0.3, -0.25) is 24.7 Å². The maximum absolute atomic E-state index is 12.0. The Morgan fingerprint density at radius 3 is 1.64 bits per heavy atom. The standard InChI is InChI=1S/C19H24N4O2.C15H14O4.2C2H6O4S/c20-18(21)14-4-8-16(9-5-14)24-12-2-1-3-13-25-17-10-6-15(7-11-17)19(22)23;1-8-3-4-10-12(18-7-8)6-13-14(15(10)17)11(16)5-9(2)19-13;2*3-1-2-7(4,5)6/h4-11H,1-3,12-13H2,(H3,20,21)(H3,22,23);3,5-6,17H,4,7H2,1-2H3;2*3H,1-2H2,(H,4,5,6). The molecular formula is C38H50N4O14S2. The van der Waals surface area contributed by atoms with Crippen molar-refractivity contribution in [1.82, 2.24) is 0 Å². The SMILES string of the molecule is CC1=CCc2c(cc3oc(C)cc(=O)c3c2O)OC1.N=C(N)c1ccc(OCCCCCOc2ccc(C(=N)N)cc2)cc1.O=S(=O)(O)CCO.O=S(=O)(O)CCO. The molecule has 0 unspecified atom stereocenters. The molecule has 0 bridgehead atoms. The molecule has 1 aromatic heterocycles. The number of nitrogens with one attached hydrogen (secondary N) is 2. The monoisotopic (exact) mass is 850 g/mol. The number of ether oxygens (including phenoxy) is 3. The minimum Gasteiger partial charge on any atom is -0.507 e. The Labute approximate surface area is 336 Å². The lowest BCUT2D eigenvalue weighted by Gasteiger charge is -2.11. The lowest BCUT2D eigenvalue weighted by molar-refractivity contribution is 0.279. The first kappa shape index (κ1) is 48.6. The topological polar surface area (TPSA) is 327 Å². The number of aliphatic hydroxyl groups is 2. The first-order valence-electron chi connectivity index (χ1n) is 17.6. The molecule has 0 amide bonds. The number of aryl methyl sites for hydroxylation is 1. The number of phenols is 1. The van der Waals surface area contributed by atoms with Crippen molar-refractivity contribution in [3.63, 3.8) is 0 Å². The summed E-state index contributed by atoms with van der Waals surface area (Å²) in [5.74, 6) is 1.59. The van der Waals surface area contributed by atoms with Crippen molar-refractivity contribution in [1.29, 1.82) is 10.8 Å². The van der Waals surface area contributed by atoms with Crippen molar-refractivity contribution in [2.45, 2.75) is 39.5 Å². The van der Waals surface area contributed by atoms with Gasteiger partial charge in [-0.05, 0) is 93.6 Å². The van der Waals surface area contributed by atoms with Gasteiger partial charge in [-0.1, -0.05) is 6.08 Å². The second kappa shape index (κ2) is 23.7. The second-order valence-corrected chi connectivity index (χ2v) is 15.6. The maximum Gasteiger partial charge on any atom is 0.267 e. The highest BCUT2D eigenvalue weighted by atomic mass is 32.2. The van der Waals surface area contributed by atoms with Gasteiger partial charge in [-0.2, -0.15) is 16.8 Å². The Morgan fingerprint density at radius 1 is 0.776 bits per heavy atom. The zero-order chi connectivity index (χ0) is 43.5. The number of hydrogen-bond acceptors (Lipinski definition) is 14. The first-order valence-corrected chi connectivity index (χ1v) is 20.8. The molecule has 20 heteroatoms. The number of fused-ring (bicyclic) bond motifs is 2. The van der Waals surface area contributed by atoms with Crippen LogP contribution in [0, 0.1) is 17.7 Å². The summed E-state index contributed by atoms with van der Waals surface area (Å²) in [6, 6.07) is 17.5. The van der Waals surface area contributed by atoms with Gasteiger partial charge in [0.25, 0.3) is 20.2 Å². The van der Waals surface area contributed by atoms with E-state index in [1.54, 1.807) is 37.3 Å². The highest BCUT2D eigenvalue weighted by Gasteiger charge is 2.19. The highest BCUT2D eigenvalue weighted by Crippen LogP contribution is 2.37. The smallest absolute Gasteiger partial charge is 0.267 e. The van der Waals surface area contributed by atoms with Crippen molar-refractivity contribution < 1.29 is 59.9 Å². The summed E-state index contributed by atoms with van der Waals surface area (Å²) in [5.41, 5.74) is 14.1. The maximum atomic E-state index is 12.0. The number of benzene rings is 3. The van der Waals surface area contributed by atoms with Gasteiger partial charge in [-0.25, -0.2) is 0 Å². The van der Waals surface area contributed by atoms with Gasteiger partial charge < -0.3 is 45.4 Å². The molecule has 3 aromatic carbocycles. The summed E-state index contributed by atoms with van der Waals surface area (Å²) in [7, 11) is -7.85. The van der Waals surface area contributed by atoms with Crippen LogP contribution in [-0.4, -0.2) is 97.5 Å². The quantitative estimate of drug-likeness (QED) is 0.0289. The molecule has 0 fully saturated rings. The number of unbranched alkanes of at least 4 members (excludes halogenated alkanes) is 2. The van der Waals surface area contributed by atoms with Crippen LogP contribution in [0.25, 0.3) is 11.0 Å².